The molecule has 0 aliphatic heterocycles. The Labute approximate surface area is 98.5 Å². The summed E-state index contributed by atoms with van der Waals surface area (Å²) < 4.78 is 1.99. The first-order chi connectivity index (χ1) is 7.53. The zero-order valence-corrected chi connectivity index (χ0v) is 10.8. The van der Waals surface area contributed by atoms with E-state index >= 15 is 0 Å². The van der Waals surface area contributed by atoms with E-state index in [4.69, 9.17) is 0 Å². The van der Waals surface area contributed by atoms with Crippen LogP contribution in [-0.4, -0.2) is 21.9 Å². The van der Waals surface area contributed by atoms with Crippen molar-refractivity contribution in [2.45, 2.75) is 46.2 Å². The Hall–Kier alpha value is -1.09. The molecule has 0 unspecified atom stereocenters. The molecular formula is C13H23N3. The molecule has 0 atom stereocenters. The number of aryl methyl sites for hydroxylation is 1. The Kier molecular flexibility index (Phi) is 4.74. The second-order valence-corrected chi connectivity index (χ2v) is 4.94. The van der Waals surface area contributed by atoms with Crippen LogP contribution in [0.3, 0.4) is 0 Å². The predicted octanol–water partition coefficient (Wildman–Crippen LogP) is 2.69. The lowest BCUT2D eigenvalue weighted by molar-refractivity contribution is 0.431. The molecule has 16 heavy (non-hydrogen) atoms. The third-order valence-corrected chi connectivity index (χ3v) is 2.30. The maximum Gasteiger partial charge on any atom is 0.0606 e. The molecule has 0 aliphatic rings. The van der Waals surface area contributed by atoms with Crippen molar-refractivity contribution in [3.05, 3.63) is 24.0 Å². The van der Waals surface area contributed by atoms with E-state index in [2.05, 4.69) is 50.3 Å². The largest absolute Gasteiger partial charge is 0.312 e. The summed E-state index contributed by atoms with van der Waals surface area (Å²) in [6.45, 7) is 10.6. The average Bonchev–Trinajstić information content (AvgIpc) is 2.63. The van der Waals surface area contributed by atoms with Gasteiger partial charge in [-0.25, -0.2) is 0 Å². The fourth-order valence-corrected chi connectivity index (χ4v) is 1.48. The average molecular weight is 221 g/mol. The van der Waals surface area contributed by atoms with Gasteiger partial charge in [-0.15, -0.1) is 0 Å². The number of nitrogens with one attached hydrogen (secondary N) is 1. The van der Waals surface area contributed by atoms with Gasteiger partial charge in [0.25, 0.3) is 0 Å². The molecule has 1 N–H and O–H groups in total. The minimum absolute atomic E-state index is 0.207. The van der Waals surface area contributed by atoms with Crippen LogP contribution < -0.4 is 5.32 Å². The van der Waals surface area contributed by atoms with E-state index in [9.17, 15) is 0 Å². The molecular weight excluding hydrogens is 198 g/mol. The fourth-order valence-electron chi connectivity index (χ4n) is 1.48. The summed E-state index contributed by atoms with van der Waals surface area (Å²) in [5.74, 6) is 0. The monoisotopic (exact) mass is 221 g/mol. The van der Waals surface area contributed by atoms with Gasteiger partial charge < -0.3 is 5.32 Å². The van der Waals surface area contributed by atoms with E-state index in [1.807, 2.05) is 16.9 Å². The lowest BCUT2D eigenvalue weighted by Gasteiger charge is -2.19. The quantitative estimate of drug-likeness (QED) is 0.775. The highest BCUT2D eigenvalue weighted by Crippen LogP contribution is 2.03. The van der Waals surface area contributed by atoms with Gasteiger partial charge in [0, 0.05) is 18.3 Å². The molecule has 0 saturated carbocycles. The van der Waals surface area contributed by atoms with E-state index in [0.717, 1.165) is 19.5 Å². The number of hydrogen-bond acceptors (Lipinski definition) is 2. The van der Waals surface area contributed by atoms with Crippen LogP contribution in [0.2, 0.25) is 0 Å². The van der Waals surface area contributed by atoms with Crippen LogP contribution in [0.25, 0.3) is 6.08 Å². The van der Waals surface area contributed by atoms with E-state index in [1.165, 1.54) is 5.69 Å². The lowest BCUT2D eigenvalue weighted by Crippen LogP contribution is -2.36. The molecule has 1 rings (SSSR count). The zero-order chi connectivity index (χ0) is 12.0. The minimum Gasteiger partial charge on any atom is -0.312 e. The van der Waals surface area contributed by atoms with Crippen molar-refractivity contribution in [3.8, 4) is 0 Å². The first-order valence-corrected chi connectivity index (χ1v) is 5.96. The second-order valence-electron chi connectivity index (χ2n) is 4.94. The van der Waals surface area contributed by atoms with E-state index in [-0.39, 0.29) is 5.54 Å². The van der Waals surface area contributed by atoms with Crippen LogP contribution in [0.15, 0.2) is 18.3 Å². The van der Waals surface area contributed by atoms with Gasteiger partial charge in [0.1, 0.15) is 0 Å². The van der Waals surface area contributed by atoms with Crippen LogP contribution in [0.5, 0.6) is 0 Å². The van der Waals surface area contributed by atoms with Gasteiger partial charge in [-0.05, 0) is 52.8 Å². The number of aromatic nitrogens is 2. The van der Waals surface area contributed by atoms with Gasteiger partial charge in [-0.1, -0.05) is 6.08 Å². The summed E-state index contributed by atoms with van der Waals surface area (Å²) in [7, 11) is 0. The Bertz CT molecular complexity index is 331. The third kappa shape index (κ3) is 4.62. The van der Waals surface area contributed by atoms with Gasteiger partial charge >= 0.3 is 0 Å². The van der Waals surface area contributed by atoms with Crippen molar-refractivity contribution in [2.75, 3.05) is 6.54 Å². The van der Waals surface area contributed by atoms with Crippen molar-refractivity contribution >= 4 is 6.08 Å². The summed E-state index contributed by atoms with van der Waals surface area (Å²) in [5.41, 5.74) is 1.39. The van der Waals surface area contributed by atoms with Crippen molar-refractivity contribution in [3.63, 3.8) is 0 Å². The molecule has 0 amide bonds. The Morgan fingerprint density at radius 2 is 2.19 bits per heavy atom. The molecule has 1 aromatic heterocycles. The molecule has 0 bridgehead atoms. The maximum absolute atomic E-state index is 4.22. The van der Waals surface area contributed by atoms with Gasteiger partial charge in [0.05, 0.1) is 5.69 Å². The van der Waals surface area contributed by atoms with Gasteiger partial charge in [-0.3, -0.25) is 4.68 Å². The molecule has 1 heterocycles. The van der Waals surface area contributed by atoms with Gasteiger partial charge in [0.2, 0.25) is 0 Å². The SMILES string of the molecule is CCn1nccc1C=CCCNC(C)(C)C. The van der Waals surface area contributed by atoms with Gasteiger partial charge in [-0.2, -0.15) is 5.10 Å². The zero-order valence-electron chi connectivity index (χ0n) is 10.8. The highest BCUT2D eigenvalue weighted by molar-refractivity contribution is 5.44. The smallest absolute Gasteiger partial charge is 0.0606 e. The van der Waals surface area contributed by atoms with Crippen LogP contribution in [-0.2, 0) is 6.54 Å². The predicted molar refractivity (Wildman–Crippen MR) is 69.3 cm³/mol. The molecule has 3 nitrogen and oxygen atoms in total. The summed E-state index contributed by atoms with van der Waals surface area (Å²) in [4.78, 5) is 0. The van der Waals surface area contributed by atoms with E-state index in [0.29, 0.717) is 0 Å². The van der Waals surface area contributed by atoms with Crippen molar-refractivity contribution in [1.82, 2.24) is 15.1 Å². The first kappa shape index (κ1) is 13.0. The lowest BCUT2D eigenvalue weighted by atomic mass is 10.1. The molecule has 90 valence electrons. The van der Waals surface area contributed by atoms with E-state index in [1.54, 1.807) is 0 Å². The maximum atomic E-state index is 4.22. The van der Waals surface area contributed by atoms with Gasteiger partial charge in [0.15, 0.2) is 0 Å². The third-order valence-electron chi connectivity index (χ3n) is 2.30. The molecule has 0 radical (unpaired) electrons. The summed E-state index contributed by atoms with van der Waals surface area (Å²) in [6.07, 6.45) is 7.23. The Morgan fingerprint density at radius 1 is 1.44 bits per heavy atom. The topological polar surface area (TPSA) is 29.9 Å². The standard InChI is InChI=1S/C13H23N3/c1-5-16-12(9-11-15-16)8-6-7-10-14-13(2,3)4/h6,8-9,11,14H,5,7,10H2,1-4H3. The van der Waals surface area contributed by atoms with Crippen LogP contribution in [0, 0.1) is 0 Å². The Morgan fingerprint density at radius 3 is 2.81 bits per heavy atom. The molecule has 1 aromatic rings. The Balaban J connectivity index is 2.32. The van der Waals surface area contributed by atoms with E-state index < -0.39 is 0 Å². The van der Waals surface area contributed by atoms with Crippen molar-refractivity contribution in [1.29, 1.82) is 0 Å². The van der Waals surface area contributed by atoms with Crippen molar-refractivity contribution < 1.29 is 0 Å². The molecule has 3 heteroatoms. The number of rotatable bonds is 5. The normalized spacial score (nSPS) is 12.5. The molecule has 0 saturated heterocycles. The summed E-state index contributed by atoms with van der Waals surface area (Å²) in [6, 6.07) is 2.04. The molecule has 0 spiro atoms. The summed E-state index contributed by atoms with van der Waals surface area (Å²) >= 11 is 0. The van der Waals surface area contributed by atoms with Crippen LogP contribution in [0.4, 0.5) is 0 Å². The van der Waals surface area contributed by atoms with Crippen LogP contribution in [0.1, 0.15) is 39.8 Å². The molecule has 0 fully saturated rings. The highest BCUT2D eigenvalue weighted by atomic mass is 15.3. The number of hydrogen-bond donors (Lipinski definition) is 1. The van der Waals surface area contributed by atoms with Crippen LogP contribution >= 0.6 is 0 Å². The molecule has 0 aromatic carbocycles. The molecule has 0 aliphatic carbocycles. The fraction of sp³-hybridized carbons (Fsp3) is 0.615. The van der Waals surface area contributed by atoms with Crippen molar-refractivity contribution in [2.24, 2.45) is 0 Å². The second kappa shape index (κ2) is 5.85. The summed E-state index contributed by atoms with van der Waals surface area (Å²) in [5, 5.41) is 7.68. The number of nitrogens with zero attached hydrogens (tertiary/aromatic N) is 2. The minimum atomic E-state index is 0.207. The highest BCUT2D eigenvalue weighted by Gasteiger charge is 2.06. The first-order valence-electron chi connectivity index (χ1n) is 5.96.